The van der Waals surface area contributed by atoms with E-state index in [1.54, 1.807) is 18.2 Å². The summed E-state index contributed by atoms with van der Waals surface area (Å²) in [5.41, 5.74) is 1.60. The first-order valence-electron chi connectivity index (χ1n) is 9.90. The topological polar surface area (TPSA) is 40.6 Å². The van der Waals surface area contributed by atoms with Gasteiger partial charge in [0.2, 0.25) is 0 Å². The summed E-state index contributed by atoms with van der Waals surface area (Å²) in [6, 6.07) is 5.13. The van der Waals surface area contributed by atoms with Crippen LogP contribution in [0.4, 0.5) is 0 Å². The number of hydrogen-bond acceptors (Lipinski definition) is 3. The summed E-state index contributed by atoms with van der Waals surface area (Å²) < 4.78 is 0. The van der Waals surface area contributed by atoms with E-state index in [9.17, 15) is 9.59 Å². The summed E-state index contributed by atoms with van der Waals surface area (Å²) >= 11 is 12.5. The van der Waals surface area contributed by atoms with Crippen LogP contribution in [0.15, 0.2) is 23.9 Å². The largest absolute Gasteiger partial charge is 0.366 e. The molecule has 0 spiro atoms. The smallest absolute Gasteiger partial charge is 0.278 e. The number of benzene rings is 1. The average Bonchev–Trinajstić information content (AvgIpc) is 2.93. The number of carbonyl (C=O) groups is 2. The number of rotatable bonds is 3. The second-order valence-corrected chi connectivity index (χ2v) is 8.51. The number of nitrogens with zero attached hydrogens (tertiary/aromatic N) is 2. The number of piperidine rings is 1. The lowest BCUT2D eigenvalue weighted by molar-refractivity contribution is -0.141. The molecule has 144 valence electrons. The fourth-order valence-electron chi connectivity index (χ4n) is 4.55. The molecule has 2 heterocycles. The lowest BCUT2D eigenvalue weighted by Crippen LogP contribution is -2.44. The van der Waals surface area contributed by atoms with Crippen LogP contribution in [0.1, 0.15) is 56.9 Å². The first kappa shape index (κ1) is 18.8. The highest BCUT2D eigenvalue weighted by molar-refractivity contribution is 6.41. The quantitative estimate of drug-likeness (QED) is 0.670. The van der Waals surface area contributed by atoms with Gasteiger partial charge in [-0.25, -0.2) is 0 Å². The molecule has 27 heavy (non-hydrogen) atoms. The Morgan fingerprint density at radius 1 is 0.852 bits per heavy atom. The SMILES string of the molecule is O=C1C(c2ccc(Cl)cc2Cl)=C(N2CCCCC2)C(=O)N1C1CCCCC1. The van der Waals surface area contributed by atoms with Gasteiger partial charge in [0.1, 0.15) is 5.70 Å². The molecule has 2 amide bonds. The normalized spacial score (nSPS) is 22.1. The van der Waals surface area contributed by atoms with Crippen molar-refractivity contribution in [2.45, 2.75) is 57.4 Å². The zero-order valence-electron chi connectivity index (χ0n) is 15.3. The molecular weight excluding hydrogens is 383 g/mol. The van der Waals surface area contributed by atoms with Crippen molar-refractivity contribution in [3.8, 4) is 0 Å². The van der Waals surface area contributed by atoms with E-state index in [0.717, 1.165) is 58.0 Å². The van der Waals surface area contributed by atoms with Crippen LogP contribution in [0.5, 0.6) is 0 Å². The minimum Gasteiger partial charge on any atom is -0.366 e. The molecule has 1 aliphatic carbocycles. The van der Waals surface area contributed by atoms with Gasteiger partial charge in [0.15, 0.2) is 0 Å². The Bertz CT molecular complexity index is 793. The minimum absolute atomic E-state index is 0.00196. The minimum atomic E-state index is -0.198. The summed E-state index contributed by atoms with van der Waals surface area (Å²) in [4.78, 5) is 30.5. The molecule has 0 radical (unpaired) electrons. The highest BCUT2D eigenvalue weighted by Gasteiger charge is 2.45. The number of hydrogen-bond donors (Lipinski definition) is 0. The molecular formula is C21H24Cl2N2O2. The van der Waals surface area contributed by atoms with Gasteiger partial charge in [0.05, 0.1) is 10.6 Å². The number of carbonyl (C=O) groups excluding carboxylic acids is 2. The van der Waals surface area contributed by atoms with Crippen LogP contribution < -0.4 is 0 Å². The maximum absolute atomic E-state index is 13.4. The zero-order valence-corrected chi connectivity index (χ0v) is 16.9. The Morgan fingerprint density at radius 3 is 2.19 bits per heavy atom. The molecule has 1 aromatic carbocycles. The highest BCUT2D eigenvalue weighted by Crippen LogP contribution is 2.39. The van der Waals surface area contributed by atoms with Crippen LogP contribution in [0.2, 0.25) is 10.0 Å². The highest BCUT2D eigenvalue weighted by atomic mass is 35.5. The second kappa shape index (κ2) is 7.84. The molecule has 0 N–H and O–H groups in total. The third kappa shape index (κ3) is 3.50. The molecule has 1 saturated heterocycles. The molecule has 1 saturated carbocycles. The van der Waals surface area contributed by atoms with Gasteiger partial charge in [-0.1, -0.05) is 48.5 Å². The van der Waals surface area contributed by atoms with E-state index in [1.807, 2.05) is 0 Å². The summed E-state index contributed by atoms with van der Waals surface area (Å²) in [5, 5.41) is 0.934. The van der Waals surface area contributed by atoms with Gasteiger partial charge in [-0.05, 0) is 44.2 Å². The molecule has 0 atom stereocenters. The monoisotopic (exact) mass is 406 g/mol. The maximum atomic E-state index is 13.4. The van der Waals surface area contributed by atoms with Crippen molar-refractivity contribution in [2.24, 2.45) is 0 Å². The van der Waals surface area contributed by atoms with Crippen LogP contribution in [-0.4, -0.2) is 40.7 Å². The first-order chi connectivity index (χ1) is 13.1. The molecule has 0 aromatic heterocycles. The van der Waals surface area contributed by atoms with Gasteiger partial charge in [-0.2, -0.15) is 0 Å². The van der Waals surface area contributed by atoms with Gasteiger partial charge in [-0.15, -0.1) is 0 Å². The number of amides is 2. The van der Waals surface area contributed by atoms with E-state index >= 15 is 0 Å². The van der Waals surface area contributed by atoms with Crippen molar-refractivity contribution in [3.05, 3.63) is 39.5 Å². The van der Waals surface area contributed by atoms with Gasteiger partial charge in [0.25, 0.3) is 11.8 Å². The van der Waals surface area contributed by atoms with E-state index < -0.39 is 0 Å². The average molecular weight is 407 g/mol. The molecule has 1 aromatic rings. The molecule has 6 heteroatoms. The summed E-state index contributed by atoms with van der Waals surface area (Å²) in [6.45, 7) is 1.61. The lowest BCUT2D eigenvalue weighted by Gasteiger charge is -2.32. The van der Waals surface area contributed by atoms with E-state index in [0.29, 0.717) is 26.9 Å². The van der Waals surface area contributed by atoms with Crippen LogP contribution in [0.25, 0.3) is 5.57 Å². The van der Waals surface area contributed by atoms with Crippen molar-refractivity contribution >= 4 is 40.6 Å². The Balaban J connectivity index is 1.79. The molecule has 4 rings (SSSR count). The van der Waals surface area contributed by atoms with Crippen molar-refractivity contribution in [1.29, 1.82) is 0 Å². The van der Waals surface area contributed by atoms with Crippen molar-refractivity contribution < 1.29 is 9.59 Å². The molecule has 3 aliphatic rings. The fraction of sp³-hybridized carbons (Fsp3) is 0.524. The van der Waals surface area contributed by atoms with Crippen LogP contribution in [0, 0.1) is 0 Å². The van der Waals surface area contributed by atoms with E-state index in [1.165, 1.54) is 11.3 Å². The summed E-state index contributed by atoms with van der Waals surface area (Å²) in [6.07, 6.45) is 8.34. The second-order valence-electron chi connectivity index (χ2n) is 7.67. The van der Waals surface area contributed by atoms with Crippen LogP contribution in [-0.2, 0) is 9.59 Å². The van der Waals surface area contributed by atoms with Gasteiger partial charge in [0, 0.05) is 29.7 Å². The van der Waals surface area contributed by atoms with Crippen molar-refractivity contribution in [2.75, 3.05) is 13.1 Å². The number of imide groups is 1. The lowest BCUT2D eigenvalue weighted by atomic mass is 9.94. The Hall–Kier alpha value is -1.52. The predicted molar refractivity (Wildman–Crippen MR) is 108 cm³/mol. The molecule has 2 fully saturated rings. The van der Waals surface area contributed by atoms with Crippen molar-refractivity contribution in [3.63, 3.8) is 0 Å². The Kier molecular flexibility index (Phi) is 5.47. The standard InChI is InChI=1S/C21H24Cl2N2O2/c22-14-9-10-16(17(23)13-14)18-19(24-11-5-2-6-12-24)21(27)25(20(18)26)15-7-3-1-4-8-15/h9-10,13,15H,1-8,11-12H2. The molecule has 0 bridgehead atoms. The molecule has 4 nitrogen and oxygen atoms in total. The molecule has 2 aliphatic heterocycles. The fourth-order valence-corrected chi connectivity index (χ4v) is 5.05. The Labute approximate surface area is 170 Å². The van der Waals surface area contributed by atoms with E-state index in [-0.39, 0.29) is 17.9 Å². The van der Waals surface area contributed by atoms with Gasteiger partial charge < -0.3 is 4.90 Å². The number of halogens is 2. The predicted octanol–water partition coefficient (Wildman–Crippen LogP) is 4.89. The van der Waals surface area contributed by atoms with Gasteiger partial charge in [-0.3, -0.25) is 14.5 Å². The molecule has 0 unspecified atom stereocenters. The zero-order chi connectivity index (χ0) is 19.0. The summed E-state index contributed by atoms with van der Waals surface area (Å²) in [5.74, 6) is -0.341. The maximum Gasteiger partial charge on any atom is 0.278 e. The van der Waals surface area contributed by atoms with Crippen LogP contribution >= 0.6 is 23.2 Å². The first-order valence-corrected chi connectivity index (χ1v) is 10.7. The third-order valence-electron chi connectivity index (χ3n) is 5.90. The van der Waals surface area contributed by atoms with Crippen molar-refractivity contribution in [1.82, 2.24) is 9.80 Å². The Morgan fingerprint density at radius 2 is 1.52 bits per heavy atom. The summed E-state index contributed by atoms with van der Waals surface area (Å²) in [7, 11) is 0. The van der Waals surface area contributed by atoms with E-state index in [4.69, 9.17) is 23.2 Å². The van der Waals surface area contributed by atoms with E-state index in [2.05, 4.69) is 4.90 Å². The van der Waals surface area contributed by atoms with Crippen LogP contribution in [0.3, 0.4) is 0 Å². The van der Waals surface area contributed by atoms with Gasteiger partial charge >= 0.3 is 0 Å². The number of likely N-dealkylation sites (tertiary alicyclic amines) is 1. The third-order valence-corrected chi connectivity index (χ3v) is 6.45.